The summed E-state index contributed by atoms with van der Waals surface area (Å²) in [5.41, 5.74) is 4.70. The molecule has 0 saturated carbocycles. The zero-order chi connectivity index (χ0) is 20.4. The van der Waals surface area contributed by atoms with E-state index in [4.69, 9.17) is 0 Å². The predicted octanol–water partition coefficient (Wildman–Crippen LogP) is 3.20. The number of benzene rings is 2. The van der Waals surface area contributed by atoms with Crippen molar-refractivity contribution in [3.63, 3.8) is 0 Å². The van der Waals surface area contributed by atoms with E-state index >= 15 is 0 Å². The lowest BCUT2D eigenvalue weighted by molar-refractivity contribution is -0.126. The third-order valence-corrected chi connectivity index (χ3v) is 8.01. The smallest absolute Gasteiger partial charge is 0.243 e. The first kappa shape index (κ1) is 20.1. The lowest BCUT2D eigenvalue weighted by Gasteiger charge is -2.30. The van der Waals surface area contributed by atoms with Gasteiger partial charge in [-0.3, -0.25) is 4.79 Å². The van der Waals surface area contributed by atoms with E-state index in [-0.39, 0.29) is 11.8 Å². The Kier molecular flexibility index (Phi) is 5.74. The van der Waals surface area contributed by atoms with Gasteiger partial charge in [0.15, 0.2) is 0 Å². The molecule has 1 amide bonds. The van der Waals surface area contributed by atoms with Gasteiger partial charge in [0.25, 0.3) is 0 Å². The number of carbonyl (C=O) groups is 1. The Morgan fingerprint density at radius 2 is 1.72 bits per heavy atom. The van der Waals surface area contributed by atoms with Crippen LogP contribution in [0.15, 0.2) is 47.4 Å². The molecular weight excluding hydrogens is 384 g/mol. The van der Waals surface area contributed by atoms with Gasteiger partial charge in [-0.25, -0.2) is 8.42 Å². The minimum Gasteiger partial charge on any atom is -0.352 e. The highest BCUT2D eigenvalue weighted by Crippen LogP contribution is 2.28. The zero-order valence-corrected chi connectivity index (χ0v) is 17.7. The second-order valence-corrected chi connectivity index (χ2v) is 10.1. The van der Waals surface area contributed by atoms with E-state index in [1.807, 2.05) is 43.3 Å². The molecule has 6 heteroatoms. The molecule has 0 spiro atoms. The van der Waals surface area contributed by atoms with Crippen molar-refractivity contribution < 1.29 is 13.2 Å². The van der Waals surface area contributed by atoms with Gasteiger partial charge in [-0.15, -0.1) is 0 Å². The minimum absolute atomic E-state index is 0.0140. The summed E-state index contributed by atoms with van der Waals surface area (Å²) in [7, 11) is -3.49. The fraction of sp³-hybridized carbons (Fsp3) is 0.435. The number of hydrogen-bond acceptors (Lipinski definition) is 3. The van der Waals surface area contributed by atoms with Crippen LogP contribution in [0.3, 0.4) is 0 Å². The first-order valence-electron chi connectivity index (χ1n) is 10.4. The summed E-state index contributed by atoms with van der Waals surface area (Å²) in [5.74, 6) is -0.118. The Morgan fingerprint density at radius 1 is 1.03 bits per heavy atom. The van der Waals surface area contributed by atoms with E-state index in [1.165, 1.54) is 15.4 Å². The van der Waals surface area contributed by atoms with E-state index in [9.17, 15) is 13.2 Å². The first-order chi connectivity index (χ1) is 13.9. The van der Waals surface area contributed by atoms with Crippen molar-refractivity contribution in [3.8, 4) is 0 Å². The monoisotopic (exact) mass is 412 g/mol. The van der Waals surface area contributed by atoms with Crippen LogP contribution >= 0.6 is 0 Å². The molecule has 0 atom stereocenters. The van der Waals surface area contributed by atoms with E-state index in [0.717, 1.165) is 30.4 Å². The van der Waals surface area contributed by atoms with Crippen molar-refractivity contribution in [3.05, 3.63) is 64.7 Å². The van der Waals surface area contributed by atoms with Crippen LogP contribution in [0.2, 0.25) is 0 Å². The van der Waals surface area contributed by atoms with Crippen molar-refractivity contribution in [2.24, 2.45) is 5.92 Å². The molecule has 2 aromatic rings. The maximum absolute atomic E-state index is 13.0. The average Bonchev–Trinajstić information content (AvgIpc) is 3.21. The van der Waals surface area contributed by atoms with Crippen molar-refractivity contribution >= 4 is 15.9 Å². The molecule has 0 radical (unpaired) electrons. The van der Waals surface area contributed by atoms with Gasteiger partial charge in [0.2, 0.25) is 15.9 Å². The quantitative estimate of drug-likeness (QED) is 0.820. The molecule has 154 valence electrons. The number of nitrogens with one attached hydrogen (secondary N) is 1. The van der Waals surface area contributed by atoms with Gasteiger partial charge in [-0.2, -0.15) is 4.31 Å². The molecule has 0 aromatic heterocycles. The van der Waals surface area contributed by atoms with Crippen LogP contribution in [0.5, 0.6) is 0 Å². The molecule has 0 unspecified atom stereocenters. The van der Waals surface area contributed by atoms with Crippen molar-refractivity contribution in [1.29, 1.82) is 0 Å². The van der Waals surface area contributed by atoms with Crippen LogP contribution in [0.25, 0.3) is 0 Å². The Balaban J connectivity index is 1.33. The van der Waals surface area contributed by atoms with Crippen LogP contribution in [-0.2, 0) is 34.2 Å². The normalized spacial score (nSPS) is 17.8. The molecule has 2 aromatic carbocycles. The van der Waals surface area contributed by atoms with E-state index in [0.29, 0.717) is 37.4 Å². The topological polar surface area (TPSA) is 66.5 Å². The van der Waals surface area contributed by atoms with Crippen LogP contribution < -0.4 is 5.32 Å². The number of fused-ring (bicyclic) bond motifs is 1. The Hall–Kier alpha value is -2.18. The number of sulfonamides is 1. The number of nitrogens with zero attached hydrogens (tertiary/aromatic N) is 1. The Morgan fingerprint density at radius 3 is 2.45 bits per heavy atom. The second-order valence-electron chi connectivity index (χ2n) is 8.17. The molecule has 4 rings (SSSR count). The fourth-order valence-corrected chi connectivity index (χ4v) is 5.78. The zero-order valence-electron chi connectivity index (χ0n) is 16.9. The van der Waals surface area contributed by atoms with Gasteiger partial charge in [0, 0.05) is 25.6 Å². The highest BCUT2D eigenvalue weighted by Gasteiger charge is 2.32. The number of amides is 1. The van der Waals surface area contributed by atoms with Crippen molar-refractivity contribution in [1.82, 2.24) is 9.62 Å². The SMILES string of the molecule is Cc1ccc(CNC(=O)C2CCN(S(=O)(=O)c3ccc4c(c3)CCC4)CC2)cc1. The number of hydrogen-bond donors (Lipinski definition) is 1. The number of aryl methyl sites for hydroxylation is 3. The highest BCUT2D eigenvalue weighted by atomic mass is 32.2. The summed E-state index contributed by atoms with van der Waals surface area (Å²) in [6, 6.07) is 13.6. The summed E-state index contributed by atoms with van der Waals surface area (Å²) in [4.78, 5) is 12.9. The third-order valence-electron chi connectivity index (χ3n) is 6.12. The lowest BCUT2D eigenvalue weighted by Crippen LogP contribution is -2.42. The molecule has 1 aliphatic heterocycles. The number of piperidine rings is 1. The van der Waals surface area contributed by atoms with Crippen LogP contribution in [0, 0.1) is 12.8 Å². The second kappa shape index (κ2) is 8.28. The average molecular weight is 413 g/mol. The minimum atomic E-state index is -3.49. The van der Waals surface area contributed by atoms with E-state index < -0.39 is 10.0 Å². The van der Waals surface area contributed by atoms with Crippen LogP contribution in [-0.4, -0.2) is 31.7 Å². The van der Waals surface area contributed by atoms with Gasteiger partial charge in [-0.1, -0.05) is 35.9 Å². The van der Waals surface area contributed by atoms with Crippen LogP contribution in [0.1, 0.15) is 41.5 Å². The lowest BCUT2D eigenvalue weighted by atomic mass is 9.97. The van der Waals surface area contributed by atoms with E-state index in [1.54, 1.807) is 6.07 Å². The van der Waals surface area contributed by atoms with Gasteiger partial charge in [0.05, 0.1) is 4.90 Å². The summed E-state index contributed by atoms with van der Waals surface area (Å²) in [6.45, 7) is 3.32. The molecule has 1 N–H and O–H groups in total. The molecule has 0 bridgehead atoms. The third kappa shape index (κ3) is 4.38. The van der Waals surface area contributed by atoms with Crippen LogP contribution in [0.4, 0.5) is 0 Å². The summed E-state index contributed by atoms with van der Waals surface area (Å²) in [5, 5.41) is 2.99. The fourth-order valence-electron chi connectivity index (χ4n) is 4.26. The molecular formula is C23H28N2O3S. The molecule has 1 aliphatic carbocycles. The Labute approximate surface area is 173 Å². The van der Waals surface area contributed by atoms with Crippen molar-refractivity contribution in [2.75, 3.05) is 13.1 Å². The van der Waals surface area contributed by atoms with Crippen molar-refractivity contribution in [2.45, 2.75) is 50.5 Å². The number of rotatable bonds is 5. The number of carbonyl (C=O) groups excluding carboxylic acids is 1. The molecule has 1 saturated heterocycles. The largest absolute Gasteiger partial charge is 0.352 e. The standard InChI is InChI=1S/C23H28N2O3S/c1-17-5-7-18(8-6-17)16-24-23(26)20-11-13-25(14-12-20)29(27,28)22-10-9-19-3-2-4-21(19)15-22/h5-10,15,20H,2-4,11-14,16H2,1H3,(H,24,26). The summed E-state index contributed by atoms with van der Waals surface area (Å²) >= 11 is 0. The Bertz CT molecular complexity index is 991. The molecule has 1 heterocycles. The van der Waals surface area contributed by atoms with Gasteiger partial charge in [-0.05, 0) is 67.9 Å². The summed E-state index contributed by atoms with van der Waals surface area (Å²) < 4.78 is 27.6. The van der Waals surface area contributed by atoms with E-state index in [2.05, 4.69) is 5.32 Å². The van der Waals surface area contributed by atoms with Gasteiger partial charge >= 0.3 is 0 Å². The first-order valence-corrected chi connectivity index (χ1v) is 11.8. The molecule has 5 nitrogen and oxygen atoms in total. The van der Waals surface area contributed by atoms with Gasteiger partial charge < -0.3 is 5.32 Å². The molecule has 29 heavy (non-hydrogen) atoms. The maximum atomic E-state index is 13.0. The maximum Gasteiger partial charge on any atom is 0.243 e. The van der Waals surface area contributed by atoms with Gasteiger partial charge in [0.1, 0.15) is 0 Å². The highest BCUT2D eigenvalue weighted by molar-refractivity contribution is 7.89. The predicted molar refractivity (Wildman–Crippen MR) is 113 cm³/mol. The summed E-state index contributed by atoms with van der Waals surface area (Å²) in [6.07, 6.45) is 4.22. The molecule has 2 aliphatic rings. The molecule has 1 fully saturated rings.